The van der Waals surface area contributed by atoms with Crippen LogP contribution < -0.4 is 9.47 Å². The quantitative estimate of drug-likeness (QED) is 0.117. The highest BCUT2D eigenvalue weighted by atomic mass is 35.5. The number of aromatic nitrogens is 6. The first-order chi connectivity index (χ1) is 25.6. The molecule has 53 heavy (non-hydrogen) atoms. The monoisotopic (exact) mass is 782 g/mol. The summed E-state index contributed by atoms with van der Waals surface area (Å²) in [5.41, 5.74) is 3.26. The number of rotatable bonds is 11. The summed E-state index contributed by atoms with van der Waals surface area (Å²) >= 11 is 17.3. The van der Waals surface area contributed by atoms with E-state index in [0.717, 1.165) is 41.8 Å². The predicted molar refractivity (Wildman–Crippen MR) is 196 cm³/mol. The van der Waals surface area contributed by atoms with Crippen LogP contribution in [0.1, 0.15) is 85.9 Å². The van der Waals surface area contributed by atoms with Crippen molar-refractivity contribution in [1.29, 1.82) is 0 Å². The second-order valence-electron chi connectivity index (χ2n) is 14.8. The Morgan fingerprint density at radius 1 is 0.736 bits per heavy atom. The number of aromatic amines is 1. The van der Waals surface area contributed by atoms with Crippen molar-refractivity contribution in [3.63, 3.8) is 0 Å². The molecule has 0 aromatic carbocycles. The maximum Gasteiger partial charge on any atom is 0.341 e. The molecule has 4 spiro atoms. The Morgan fingerprint density at radius 2 is 1.26 bits per heavy atom. The zero-order valence-electron chi connectivity index (χ0n) is 29.6. The van der Waals surface area contributed by atoms with Gasteiger partial charge in [0.05, 0.1) is 43.8 Å². The first-order valence-electron chi connectivity index (χ1n) is 18.3. The number of nitrogens with zero attached hydrogens (tertiary/aromatic N) is 5. The van der Waals surface area contributed by atoms with Crippen molar-refractivity contribution >= 4 is 46.7 Å². The molecule has 0 radical (unpaired) electrons. The van der Waals surface area contributed by atoms with Gasteiger partial charge in [0.1, 0.15) is 15.5 Å². The van der Waals surface area contributed by atoms with Crippen LogP contribution in [-0.4, -0.2) is 68.3 Å². The Bertz CT molecular complexity index is 1970. The van der Waals surface area contributed by atoms with E-state index in [9.17, 15) is 9.59 Å². The molecule has 4 aromatic heterocycles. The predicted octanol–water partition coefficient (Wildman–Crippen LogP) is 8.21. The van der Waals surface area contributed by atoms with Crippen LogP contribution in [0.15, 0.2) is 48.8 Å². The number of halogens is 3. The third-order valence-electron chi connectivity index (χ3n) is 12.4. The number of hydrogen-bond acceptors (Lipinski definition) is 10. The summed E-state index contributed by atoms with van der Waals surface area (Å²) in [6.45, 7) is 5.72. The lowest BCUT2D eigenvalue weighted by molar-refractivity contribution is 0.0516. The Balaban J connectivity index is 0.000000125. The van der Waals surface area contributed by atoms with Crippen LogP contribution in [0.4, 0.5) is 0 Å². The Morgan fingerprint density at radius 3 is 1.74 bits per heavy atom. The van der Waals surface area contributed by atoms with E-state index >= 15 is 0 Å². The number of ether oxygens (including phenoxy) is 4. The summed E-state index contributed by atoms with van der Waals surface area (Å²) in [5, 5.41) is 11.6. The van der Waals surface area contributed by atoms with Crippen LogP contribution in [0.25, 0.3) is 5.82 Å². The van der Waals surface area contributed by atoms with E-state index < -0.39 is 11.9 Å². The molecule has 6 aliphatic carbocycles. The molecule has 12 nitrogen and oxygen atoms in total. The highest BCUT2D eigenvalue weighted by Crippen LogP contribution is 2.93. The first-order valence-corrected chi connectivity index (χ1v) is 19.4. The molecule has 6 saturated carbocycles. The van der Waals surface area contributed by atoms with E-state index in [4.69, 9.17) is 53.8 Å². The minimum Gasteiger partial charge on any atom is -0.478 e. The van der Waals surface area contributed by atoms with E-state index in [-0.39, 0.29) is 26.6 Å². The second kappa shape index (κ2) is 13.8. The van der Waals surface area contributed by atoms with Crippen molar-refractivity contribution in [3.05, 3.63) is 75.4 Å². The molecule has 6 aliphatic rings. The summed E-state index contributed by atoms with van der Waals surface area (Å²) < 4.78 is 22.9. The lowest BCUT2D eigenvalue weighted by atomic mass is 10.3. The number of carbonyl (C=O) groups excluding carboxylic acids is 2. The largest absolute Gasteiger partial charge is 0.478 e. The third-order valence-corrected chi connectivity index (χ3v) is 13.1. The highest BCUT2D eigenvalue weighted by Gasteiger charge is 2.87. The fourth-order valence-electron chi connectivity index (χ4n) is 9.11. The molecule has 4 heterocycles. The van der Waals surface area contributed by atoms with Gasteiger partial charge in [-0.3, -0.25) is 0 Å². The lowest BCUT2D eigenvalue weighted by Gasteiger charge is -2.06. The van der Waals surface area contributed by atoms with Crippen LogP contribution in [0.3, 0.4) is 0 Å². The first kappa shape index (κ1) is 36.1. The summed E-state index contributed by atoms with van der Waals surface area (Å²) in [6.07, 6.45) is 14.9. The molecule has 0 amide bonds. The van der Waals surface area contributed by atoms with Gasteiger partial charge in [0.25, 0.3) is 0 Å². The molecule has 0 saturated heterocycles. The average molecular weight is 784 g/mol. The summed E-state index contributed by atoms with van der Waals surface area (Å²) in [6, 6.07) is 9.98. The third kappa shape index (κ3) is 6.65. The van der Waals surface area contributed by atoms with E-state index in [0.29, 0.717) is 35.7 Å². The molecule has 0 bridgehead atoms. The summed E-state index contributed by atoms with van der Waals surface area (Å²) in [4.78, 5) is 30.9. The van der Waals surface area contributed by atoms with Crippen molar-refractivity contribution in [2.24, 2.45) is 33.5 Å². The molecule has 0 aliphatic heterocycles. The van der Waals surface area contributed by atoms with E-state index in [1.807, 2.05) is 12.1 Å². The van der Waals surface area contributed by atoms with E-state index in [1.54, 1.807) is 43.1 Å². The topological polar surface area (TPSA) is 143 Å². The van der Waals surface area contributed by atoms with Gasteiger partial charge in [0.2, 0.25) is 11.8 Å². The van der Waals surface area contributed by atoms with Gasteiger partial charge in [0.15, 0.2) is 5.82 Å². The van der Waals surface area contributed by atoms with Crippen molar-refractivity contribution < 1.29 is 28.5 Å². The smallest absolute Gasteiger partial charge is 0.341 e. The average Bonchev–Trinajstić information content (AvgIpc) is 3.86. The van der Waals surface area contributed by atoms with Crippen LogP contribution >= 0.6 is 34.8 Å². The SMILES string of the molecule is CCOC(=O)c1ccc(-n2ccc(OCC3C4(CC4)C34CC4)n2)nc1Cl.CCOC(=O)c1ccc(Cl)nc1Cl.c1cc(OCC2C3(CC3)C23CC3)[nH]n1. The zero-order chi connectivity index (χ0) is 37.0. The second-order valence-corrected chi connectivity index (χ2v) is 15.9. The van der Waals surface area contributed by atoms with Gasteiger partial charge >= 0.3 is 11.9 Å². The number of carbonyl (C=O) groups is 2. The maximum atomic E-state index is 11.8. The van der Waals surface area contributed by atoms with Gasteiger partial charge in [-0.2, -0.15) is 5.10 Å². The molecule has 6 fully saturated rings. The Hall–Kier alpha value is -3.87. The van der Waals surface area contributed by atoms with Crippen LogP contribution in [-0.2, 0) is 9.47 Å². The summed E-state index contributed by atoms with van der Waals surface area (Å²) in [7, 11) is 0. The fraction of sp³-hybridized carbons (Fsp3) is 0.526. The van der Waals surface area contributed by atoms with E-state index in [2.05, 4.69) is 25.3 Å². The molecule has 0 unspecified atom stereocenters. The number of pyridine rings is 2. The highest BCUT2D eigenvalue weighted by molar-refractivity contribution is 6.34. The maximum absolute atomic E-state index is 11.8. The van der Waals surface area contributed by atoms with Gasteiger partial charge in [-0.05, 0) is 111 Å². The van der Waals surface area contributed by atoms with Crippen LogP contribution in [0.5, 0.6) is 11.8 Å². The number of H-pyrrole nitrogens is 1. The minimum absolute atomic E-state index is 0.0611. The minimum atomic E-state index is -0.489. The van der Waals surface area contributed by atoms with Crippen molar-refractivity contribution in [2.45, 2.75) is 65.2 Å². The van der Waals surface area contributed by atoms with Gasteiger partial charge in [0, 0.05) is 30.2 Å². The number of esters is 2. The molecular formula is C38H41Cl3N6O6. The lowest BCUT2D eigenvalue weighted by Crippen LogP contribution is -2.08. The molecule has 1 N–H and O–H groups in total. The van der Waals surface area contributed by atoms with Crippen molar-refractivity contribution in [1.82, 2.24) is 29.9 Å². The van der Waals surface area contributed by atoms with Crippen LogP contribution in [0.2, 0.25) is 15.5 Å². The zero-order valence-corrected chi connectivity index (χ0v) is 31.8. The number of nitrogens with one attached hydrogen (secondary N) is 1. The fourth-order valence-corrected chi connectivity index (χ4v) is 9.76. The normalized spacial score (nSPS) is 20.5. The Labute approximate surface area is 322 Å². The van der Waals surface area contributed by atoms with Gasteiger partial charge < -0.3 is 18.9 Å². The van der Waals surface area contributed by atoms with Crippen molar-refractivity contribution in [2.75, 3.05) is 26.4 Å². The molecule has 280 valence electrons. The number of fused-ring (bicyclic) bond motifs is 2. The van der Waals surface area contributed by atoms with Crippen LogP contribution in [0, 0.1) is 33.5 Å². The molecule has 10 rings (SSSR count). The molecular weight excluding hydrogens is 743 g/mol. The molecule has 4 aromatic rings. The molecule has 15 heteroatoms. The van der Waals surface area contributed by atoms with E-state index in [1.165, 1.54) is 63.5 Å². The van der Waals surface area contributed by atoms with Crippen molar-refractivity contribution in [3.8, 4) is 17.6 Å². The number of hydrogen-bond donors (Lipinski definition) is 1. The van der Waals surface area contributed by atoms with Gasteiger partial charge in [-0.25, -0.2) is 29.3 Å². The standard InChI is InChI=1S/C19H20ClN3O3.C11H14N2O.C8H7Cl2NO2/c1-2-25-17(24)12-3-4-14(21-16(12)20)23-10-5-15(22-23)26-11-13-18(6-7-18)19(13)8-9-19;1-6-12-13-9(1)14-7-8-10(2-3-10)11(8)4-5-11;1-2-13-8(12)5-3-4-6(9)11-7(5)10/h3-5,10,13H,2,6-9,11H2,1H3;1,6,8H,2-5,7H2,(H,12,13);3-4H,2H2,1H3. The Kier molecular flexibility index (Phi) is 9.38. The van der Waals surface area contributed by atoms with Gasteiger partial charge in [-0.15, -0.1) is 5.10 Å². The van der Waals surface area contributed by atoms with Gasteiger partial charge in [-0.1, -0.05) is 34.8 Å². The molecule has 0 atom stereocenters. The summed E-state index contributed by atoms with van der Waals surface area (Å²) in [5.74, 6) is 2.56.